The first-order valence-corrected chi connectivity index (χ1v) is 4.51. The van der Waals surface area contributed by atoms with E-state index in [2.05, 4.69) is 33.6 Å². The van der Waals surface area contributed by atoms with Gasteiger partial charge in [-0.05, 0) is 29.9 Å². The second-order valence-corrected chi connectivity index (χ2v) is 2.80. The Morgan fingerprint density at radius 1 is 1.00 bits per heavy atom. The van der Waals surface area contributed by atoms with Gasteiger partial charge < -0.3 is 4.98 Å². The molecule has 0 aliphatic rings. The summed E-state index contributed by atoms with van der Waals surface area (Å²) in [5.74, 6) is 11.9. The number of hydrogen-bond acceptors (Lipinski definition) is 1. The van der Waals surface area contributed by atoms with Gasteiger partial charge in [0.1, 0.15) is 0 Å². The van der Waals surface area contributed by atoms with Crippen LogP contribution in [0.15, 0.2) is 42.7 Å². The minimum absolute atomic E-state index is 0.636. The summed E-state index contributed by atoms with van der Waals surface area (Å²) in [7, 11) is 0. The summed E-state index contributed by atoms with van der Waals surface area (Å²) in [6.45, 7) is 0. The first-order valence-electron chi connectivity index (χ1n) is 4.51. The van der Waals surface area contributed by atoms with Crippen LogP contribution < -0.4 is 0 Å². The Kier molecular flexibility index (Phi) is 2.85. The number of aromatic nitrogens is 2. The Labute approximate surface area is 88.4 Å². The van der Waals surface area contributed by atoms with Gasteiger partial charge in [0.15, 0.2) is 5.82 Å². The molecule has 2 heteroatoms. The molecule has 0 atom stereocenters. The third kappa shape index (κ3) is 2.76. The molecule has 2 nitrogen and oxygen atoms in total. The van der Waals surface area contributed by atoms with E-state index in [9.17, 15) is 0 Å². The number of imidazole rings is 1. The van der Waals surface area contributed by atoms with Crippen molar-refractivity contribution in [3.8, 4) is 23.7 Å². The van der Waals surface area contributed by atoms with Gasteiger partial charge in [-0.2, -0.15) is 0 Å². The van der Waals surface area contributed by atoms with Crippen LogP contribution >= 0.6 is 0 Å². The minimum Gasteiger partial charge on any atom is -0.338 e. The normalized spacial score (nSPS) is 8.27. The largest absolute Gasteiger partial charge is 0.338 e. The molecule has 1 N–H and O–H groups in total. The van der Waals surface area contributed by atoms with Crippen LogP contribution in [0.5, 0.6) is 0 Å². The Morgan fingerprint density at radius 2 is 1.80 bits per heavy atom. The molecule has 0 saturated heterocycles. The SMILES string of the molecule is C(C#Cc1ncc[nH]1)#Cc1ccccc1. The molecular weight excluding hydrogens is 184 g/mol. The zero-order valence-corrected chi connectivity index (χ0v) is 7.99. The highest BCUT2D eigenvalue weighted by Crippen LogP contribution is 1.94. The Hall–Kier alpha value is -2.45. The first-order chi connectivity index (χ1) is 7.45. The molecule has 2 aromatic rings. The molecule has 0 spiro atoms. The summed E-state index contributed by atoms with van der Waals surface area (Å²) in [6, 6.07) is 9.75. The molecule has 0 aliphatic carbocycles. The van der Waals surface area contributed by atoms with E-state index in [1.165, 1.54) is 0 Å². The highest BCUT2D eigenvalue weighted by atomic mass is 14.9. The lowest BCUT2D eigenvalue weighted by molar-refractivity contribution is 1.25. The molecular formula is C13H8N2. The molecule has 1 aromatic heterocycles. The Bertz CT molecular complexity index is 531. The Morgan fingerprint density at radius 3 is 2.53 bits per heavy atom. The molecule has 2 rings (SSSR count). The van der Waals surface area contributed by atoms with E-state index in [0.29, 0.717) is 5.82 Å². The number of nitrogens with one attached hydrogen (secondary N) is 1. The van der Waals surface area contributed by atoms with Gasteiger partial charge in [0.2, 0.25) is 0 Å². The van der Waals surface area contributed by atoms with Crippen LogP contribution in [0.2, 0.25) is 0 Å². The maximum atomic E-state index is 3.96. The zero-order valence-electron chi connectivity index (χ0n) is 7.99. The van der Waals surface area contributed by atoms with Crippen molar-refractivity contribution in [2.75, 3.05) is 0 Å². The van der Waals surface area contributed by atoms with Gasteiger partial charge in [-0.15, -0.1) is 0 Å². The minimum atomic E-state index is 0.636. The predicted molar refractivity (Wildman–Crippen MR) is 58.8 cm³/mol. The number of rotatable bonds is 0. The van der Waals surface area contributed by atoms with Crippen LogP contribution in [0.1, 0.15) is 11.4 Å². The maximum Gasteiger partial charge on any atom is 0.183 e. The van der Waals surface area contributed by atoms with Crippen molar-refractivity contribution < 1.29 is 0 Å². The molecule has 1 heterocycles. The van der Waals surface area contributed by atoms with E-state index in [1.54, 1.807) is 12.4 Å². The van der Waals surface area contributed by atoms with Crippen LogP contribution in [0.4, 0.5) is 0 Å². The van der Waals surface area contributed by atoms with Gasteiger partial charge in [0.05, 0.1) is 0 Å². The van der Waals surface area contributed by atoms with E-state index in [0.717, 1.165) is 5.56 Å². The fourth-order valence-corrected chi connectivity index (χ4v) is 1.05. The van der Waals surface area contributed by atoms with Crippen molar-refractivity contribution in [2.45, 2.75) is 0 Å². The lowest BCUT2D eigenvalue weighted by Crippen LogP contribution is -1.74. The molecule has 0 saturated carbocycles. The molecule has 0 unspecified atom stereocenters. The quantitative estimate of drug-likeness (QED) is 0.634. The van der Waals surface area contributed by atoms with Crippen LogP contribution in [-0.4, -0.2) is 9.97 Å². The van der Waals surface area contributed by atoms with Crippen LogP contribution in [0, 0.1) is 23.7 Å². The molecule has 0 amide bonds. The summed E-state index contributed by atoms with van der Waals surface area (Å²) >= 11 is 0. The van der Waals surface area contributed by atoms with E-state index >= 15 is 0 Å². The average molecular weight is 192 g/mol. The predicted octanol–water partition coefficient (Wildman–Crippen LogP) is 1.81. The fourth-order valence-electron chi connectivity index (χ4n) is 1.05. The second-order valence-electron chi connectivity index (χ2n) is 2.80. The number of nitrogens with zero attached hydrogens (tertiary/aromatic N) is 1. The number of aromatic amines is 1. The van der Waals surface area contributed by atoms with Crippen molar-refractivity contribution in [3.05, 3.63) is 54.1 Å². The number of H-pyrrole nitrogens is 1. The lowest BCUT2D eigenvalue weighted by atomic mass is 10.2. The molecule has 70 valence electrons. The average Bonchev–Trinajstić information content (AvgIpc) is 2.79. The number of hydrogen-bond donors (Lipinski definition) is 1. The van der Waals surface area contributed by atoms with Crippen molar-refractivity contribution in [3.63, 3.8) is 0 Å². The smallest absolute Gasteiger partial charge is 0.183 e. The van der Waals surface area contributed by atoms with Crippen LogP contribution in [0.3, 0.4) is 0 Å². The third-order valence-corrected chi connectivity index (χ3v) is 1.72. The maximum absolute atomic E-state index is 3.96. The van der Waals surface area contributed by atoms with Crippen molar-refractivity contribution in [1.29, 1.82) is 0 Å². The van der Waals surface area contributed by atoms with Gasteiger partial charge in [-0.1, -0.05) is 24.1 Å². The van der Waals surface area contributed by atoms with Gasteiger partial charge >= 0.3 is 0 Å². The van der Waals surface area contributed by atoms with Crippen molar-refractivity contribution >= 4 is 0 Å². The molecule has 0 bridgehead atoms. The van der Waals surface area contributed by atoms with Gasteiger partial charge in [-0.3, -0.25) is 0 Å². The Balaban J connectivity index is 2.08. The topological polar surface area (TPSA) is 28.7 Å². The molecule has 15 heavy (non-hydrogen) atoms. The summed E-state index contributed by atoms with van der Waals surface area (Å²) in [5.41, 5.74) is 0.964. The summed E-state index contributed by atoms with van der Waals surface area (Å²) in [4.78, 5) is 6.85. The van der Waals surface area contributed by atoms with E-state index in [4.69, 9.17) is 0 Å². The molecule has 0 aliphatic heterocycles. The zero-order chi connectivity index (χ0) is 10.3. The lowest BCUT2D eigenvalue weighted by Gasteiger charge is -1.83. The van der Waals surface area contributed by atoms with E-state index in [1.807, 2.05) is 30.3 Å². The van der Waals surface area contributed by atoms with Crippen LogP contribution in [-0.2, 0) is 0 Å². The highest BCUT2D eigenvalue weighted by molar-refractivity contribution is 5.41. The molecule has 0 radical (unpaired) electrons. The van der Waals surface area contributed by atoms with Crippen molar-refractivity contribution in [1.82, 2.24) is 9.97 Å². The molecule has 0 fully saturated rings. The standard InChI is InChI=1S/C13H8N2/c1-2-6-12(7-3-1)8-4-5-9-13-14-10-11-15-13/h1-3,6-7,10-11H,(H,14,15). The summed E-state index contributed by atoms with van der Waals surface area (Å²) in [5, 5.41) is 0. The highest BCUT2D eigenvalue weighted by Gasteiger charge is 1.82. The second kappa shape index (κ2) is 4.69. The van der Waals surface area contributed by atoms with Crippen LogP contribution in [0.25, 0.3) is 0 Å². The van der Waals surface area contributed by atoms with E-state index < -0.39 is 0 Å². The van der Waals surface area contributed by atoms with Gasteiger partial charge in [0, 0.05) is 18.0 Å². The third-order valence-electron chi connectivity index (χ3n) is 1.72. The first kappa shape index (κ1) is 9.12. The van der Waals surface area contributed by atoms with Gasteiger partial charge in [0.25, 0.3) is 0 Å². The molecule has 1 aromatic carbocycles. The fraction of sp³-hybridized carbons (Fsp3) is 0. The van der Waals surface area contributed by atoms with E-state index in [-0.39, 0.29) is 0 Å². The summed E-state index contributed by atoms with van der Waals surface area (Å²) < 4.78 is 0. The summed E-state index contributed by atoms with van der Waals surface area (Å²) in [6.07, 6.45) is 3.39. The van der Waals surface area contributed by atoms with Crippen molar-refractivity contribution in [2.24, 2.45) is 0 Å². The van der Waals surface area contributed by atoms with Gasteiger partial charge in [-0.25, -0.2) is 4.98 Å². The number of benzene rings is 1. The monoisotopic (exact) mass is 192 g/mol.